The van der Waals surface area contributed by atoms with Gasteiger partial charge in [0.1, 0.15) is 0 Å². The average molecular weight is 295 g/mol. The maximum absolute atomic E-state index is 5.77. The van der Waals surface area contributed by atoms with Crippen LogP contribution < -0.4 is 5.73 Å². The Kier molecular flexibility index (Phi) is 3.14. The third-order valence-corrected chi connectivity index (χ3v) is 5.01. The van der Waals surface area contributed by atoms with Crippen LogP contribution in [0.25, 0.3) is 0 Å². The Morgan fingerprint density at radius 1 is 1.24 bits per heavy atom. The summed E-state index contributed by atoms with van der Waals surface area (Å²) in [5, 5.41) is 0. The van der Waals surface area contributed by atoms with Crippen molar-refractivity contribution in [1.82, 2.24) is 4.90 Å². The molecule has 3 rings (SSSR count). The zero-order valence-corrected chi connectivity index (χ0v) is 11.6. The van der Waals surface area contributed by atoms with E-state index in [1.165, 1.54) is 37.9 Å². The van der Waals surface area contributed by atoms with Gasteiger partial charge in [-0.2, -0.15) is 0 Å². The molecule has 0 aromatic heterocycles. The number of benzene rings is 1. The molecule has 92 valence electrons. The third-order valence-electron chi connectivity index (χ3n) is 4.27. The van der Waals surface area contributed by atoms with Crippen LogP contribution in [0, 0.1) is 11.8 Å². The smallest absolute Gasteiger partial charge is 0.0325 e. The zero-order valence-electron chi connectivity index (χ0n) is 10.0. The van der Waals surface area contributed by atoms with Crippen LogP contribution in [-0.4, -0.2) is 18.0 Å². The molecule has 1 aliphatic carbocycles. The van der Waals surface area contributed by atoms with E-state index in [4.69, 9.17) is 5.73 Å². The summed E-state index contributed by atoms with van der Waals surface area (Å²) >= 11 is 3.61. The van der Waals surface area contributed by atoms with Crippen LogP contribution in [0.2, 0.25) is 0 Å². The van der Waals surface area contributed by atoms with E-state index >= 15 is 0 Å². The van der Waals surface area contributed by atoms with E-state index in [-0.39, 0.29) is 0 Å². The highest BCUT2D eigenvalue weighted by Crippen LogP contribution is 2.38. The van der Waals surface area contributed by atoms with Crippen LogP contribution in [-0.2, 0) is 6.54 Å². The van der Waals surface area contributed by atoms with E-state index in [9.17, 15) is 0 Å². The Morgan fingerprint density at radius 3 is 2.59 bits per heavy atom. The zero-order chi connectivity index (χ0) is 11.8. The second-order valence-electron chi connectivity index (χ2n) is 5.50. The highest BCUT2D eigenvalue weighted by atomic mass is 79.9. The van der Waals surface area contributed by atoms with Crippen molar-refractivity contribution in [2.24, 2.45) is 11.8 Å². The predicted molar refractivity (Wildman–Crippen MR) is 74.7 cm³/mol. The highest BCUT2D eigenvalue weighted by Gasteiger charge is 2.35. The van der Waals surface area contributed by atoms with Crippen molar-refractivity contribution in [1.29, 1.82) is 0 Å². The molecule has 1 aromatic rings. The van der Waals surface area contributed by atoms with Crippen molar-refractivity contribution < 1.29 is 0 Å². The summed E-state index contributed by atoms with van der Waals surface area (Å²) in [5.41, 5.74) is 7.96. The summed E-state index contributed by atoms with van der Waals surface area (Å²) in [6, 6.07) is 6.15. The van der Waals surface area contributed by atoms with Gasteiger partial charge in [0.15, 0.2) is 0 Å². The first-order valence-electron chi connectivity index (χ1n) is 6.48. The van der Waals surface area contributed by atoms with Crippen molar-refractivity contribution in [2.75, 3.05) is 18.8 Å². The van der Waals surface area contributed by atoms with Gasteiger partial charge in [-0.15, -0.1) is 0 Å². The Balaban J connectivity index is 1.67. The van der Waals surface area contributed by atoms with Crippen LogP contribution in [0.15, 0.2) is 22.7 Å². The molecular weight excluding hydrogens is 276 g/mol. The second-order valence-corrected chi connectivity index (χ2v) is 6.35. The van der Waals surface area contributed by atoms with Crippen LogP contribution >= 0.6 is 15.9 Å². The number of hydrogen-bond acceptors (Lipinski definition) is 2. The molecule has 2 aliphatic rings. The number of rotatable bonds is 2. The van der Waals surface area contributed by atoms with E-state index in [1.54, 1.807) is 0 Å². The van der Waals surface area contributed by atoms with E-state index in [0.29, 0.717) is 0 Å². The second kappa shape index (κ2) is 4.62. The van der Waals surface area contributed by atoms with Crippen molar-refractivity contribution in [3.8, 4) is 0 Å². The molecule has 1 heterocycles. The lowest BCUT2D eigenvalue weighted by molar-refractivity contribution is 0.303. The number of nitrogens with two attached hydrogens (primary N) is 1. The highest BCUT2D eigenvalue weighted by molar-refractivity contribution is 9.10. The van der Waals surface area contributed by atoms with Gasteiger partial charge < -0.3 is 5.73 Å². The van der Waals surface area contributed by atoms with Gasteiger partial charge in [0, 0.05) is 29.8 Å². The standard InChI is InChI=1S/C14H19BrN2/c15-14-6-13(16)5-4-12(14)9-17-7-10-2-1-3-11(10)8-17/h4-6,10-11H,1-3,7-9,16H2. The molecule has 0 amide bonds. The first kappa shape index (κ1) is 11.5. The number of fused-ring (bicyclic) bond motifs is 1. The minimum Gasteiger partial charge on any atom is -0.399 e. The maximum atomic E-state index is 5.77. The number of anilines is 1. The molecule has 2 atom stereocenters. The van der Waals surface area contributed by atoms with Gasteiger partial charge in [-0.05, 0) is 42.4 Å². The van der Waals surface area contributed by atoms with Gasteiger partial charge in [0.25, 0.3) is 0 Å². The topological polar surface area (TPSA) is 29.3 Å². The fourth-order valence-corrected chi connectivity index (χ4v) is 3.92. The van der Waals surface area contributed by atoms with Crippen LogP contribution in [0.1, 0.15) is 24.8 Å². The predicted octanol–water partition coefficient (Wildman–Crippen LogP) is 3.26. The monoisotopic (exact) mass is 294 g/mol. The van der Waals surface area contributed by atoms with Gasteiger partial charge in [-0.3, -0.25) is 4.90 Å². The van der Waals surface area contributed by atoms with Gasteiger partial charge in [0.2, 0.25) is 0 Å². The van der Waals surface area contributed by atoms with Crippen molar-refractivity contribution in [3.05, 3.63) is 28.2 Å². The molecule has 2 nitrogen and oxygen atoms in total. The summed E-state index contributed by atoms with van der Waals surface area (Å²) in [6.45, 7) is 3.65. The summed E-state index contributed by atoms with van der Waals surface area (Å²) in [7, 11) is 0. The van der Waals surface area contributed by atoms with Gasteiger partial charge in [-0.25, -0.2) is 0 Å². The Labute approximate surface area is 111 Å². The van der Waals surface area contributed by atoms with Gasteiger partial charge >= 0.3 is 0 Å². The largest absolute Gasteiger partial charge is 0.399 e. The van der Waals surface area contributed by atoms with E-state index in [0.717, 1.165) is 28.5 Å². The molecular formula is C14H19BrN2. The SMILES string of the molecule is Nc1ccc(CN2CC3CCCC3C2)c(Br)c1. The Bertz CT molecular complexity index is 407. The lowest BCUT2D eigenvalue weighted by Gasteiger charge is -2.17. The normalized spacial score (nSPS) is 28.5. The quantitative estimate of drug-likeness (QED) is 0.849. The van der Waals surface area contributed by atoms with Gasteiger partial charge in [0.05, 0.1) is 0 Å². The first-order chi connectivity index (χ1) is 8.22. The molecule has 0 bridgehead atoms. The number of nitrogen functional groups attached to an aromatic ring is 1. The molecule has 2 unspecified atom stereocenters. The summed E-state index contributed by atoms with van der Waals surface area (Å²) in [4.78, 5) is 2.60. The van der Waals surface area contributed by atoms with Crippen molar-refractivity contribution >= 4 is 21.6 Å². The molecule has 1 aromatic carbocycles. The number of halogens is 1. The molecule has 0 radical (unpaired) electrons. The van der Waals surface area contributed by atoms with E-state index in [2.05, 4.69) is 26.9 Å². The third kappa shape index (κ3) is 2.36. The fourth-order valence-electron chi connectivity index (χ4n) is 3.39. The van der Waals surface area contributed by atoms with Crippen molar-refractivity contribution in [3.63, 3.8) is 0 Å². The summed E-state index contributed by atoms with van der Waals surface area (Å²) in [6.07, 6.45) is 4.35. The average Bonchev–Trinajstić information content (AvgIpc) is 2.82. The van der Waals surface area contributed by atoms with Crippen molar-refractivity contribution in [2.45, 2.75) is 25.8 Å². The molecule has 0 spiro atoms. The summed E-state index contributed by atoms with van der Waals surface area (Å²) < 4.78 is 1.15. The number of hydrogen-bond donors (Lipinski definition) is 1. The Morgan fingerprint density at radius 2 is 1.94 bits per heavy atom. The lowest BCUT2D eigenvalue weighted by Crippen LogP contribution is -2.21. The minimum absolute atomic E-state index is 0.832. The molecule has 2 fully saturated rings. The summed E-state index contributed by atoms with van der Waals surface area (Å²) in [5.74, 6) is 1.95. The fraction of sp³-hybridized carbons (Fsp3) is 0.571. The molecule has 17 heavy (non-hydrogen) atoms. The Hall–Kier alpha value is -0.540. The molecule has 2 N–H and O–H groups in total. The van der Waals surface area contributed by atoms with E-state index in [1.807, 2.05) is 12.1 Å². The molecule has 3 heteroatoms. The lowest BCUT2D eigenvalue weighted by atomic mass is 10.0. The molecule has 1 saturated carbocycles. The molecule has 1 aliphatic heterocycles. The number of nitrogens with zero attached hydrogens (tertiary/aromatic N) is 1. The van der Waals surface area contributed by atoms with Crippen LogP contribution in [0.5, 0.6) is 0 Å². The van der Waals surface area contributed by atoms with Gasteiger partial charge in [-0.1, -0.05) is 28.4 Å². The first-order valence-corrected chi connectivity index (χ1v) is 7.28. The van der Waals surface area contributed by atoms with Crippen LogP contribution in [0.4, 0.5) is 5.69 Å². The minimum atomic E-state index is 0.832. The number of likely N-dealkylation sites (tertiary alicyclic amines) is 1. The van der Waals surface area contributed by atoms with Crippen LogP contribution in [0.3, 0.4) is 0 Å². The van der Waals surface area contributed by atoms with E-state index < -0.39 is 0 Å². The molecule has 1 saturated heterocycles. The maximum Gasteiger partial charge on any atom is 0.0325 e.